The second-order valence-corrected chi connectivity index (χ2v) is 18.8. The molecule has 0 radical (unpaired) electrons. The van der Waals surface area contributed by atoms with Crippen molar-refractivity contribution in [3.63, 3.8) is 0 Å². The number of carboxylic acids is 3. The second-order valence-electron chi connectivity index (χ2n) is 18.8. The van der Waals surface area contributed by atoms with Crippen LogP contribution in [0.4, 0.5) is 0 Å². The van der Waals surface area contributed by atoms with E-state index in [4.69, 9.17) is 10.8 Å². The van der Waals surface area contributed by atoms with Crippen LogP contribution in [0.1, 0.15) is 113 Å². The van der Waals surface area contributed by atoms with Gasteiger partial charge in [-0.1, -0.05) is 41.5 Å². The third-order valence-electron chi connectivity index (χ3n) is 11.5. The predicted molar refractivity (Wildman–Crippen MR) is 244 cm³/mol. The van der Waals surface area contributed by atoms with Crippen molar-refractivity contribution in [2.75, 3.05) is 19.6 Å². The lowest BCUT2D eigenvalue weighted by atomic mass is 10.0. The first-order valence-electron chi connectivity index (χ1n) is 23.3. The standard InChI is InChI=1S/C44H72N10O15/c1-21(2)17-27(39(63)51-29(44(68)69)19-34(58)59)48-32(55)20-46-37(61)25(8)47-38(62)28(18-22(3)4)50-40(64)30-11-10-16-54(30)43(67)35(23(5)6)52-41(65)31-12-9-15-53(31)42(66)26(13-14-33(56)57)49-36(60)24(7)45/h21-31,35H,9-20,45H2,1-8H3,(H,46,61)(H,47,62)(H,48,55)(H,49,60)(H,50,64)(H,51,63)(H,52,65)(H,56,57)(H,58,59)(H,68,69)/t24-,25-,26-,27-,28-,29-,30-,31-,35-/m0/s1. The molecule has 0 aromatic heterocycles. The Morgan fingerprint density at radius 3 is 1.54 bits per heavy atom. The van der Waals surface area contributed by atoms with Crippen molar-refractivity contribution < 1.29 is 72.9 Å². The van der Waals surface area contributed by atoms with Crippen LogP contribution >= 0.6 is 0 Å². The predicted octanol–water partition coefficient (Wildman–Crippen LogP) is -2.47. The van der Waals surface area contributed by atoms with E-state index in [0.29, 0.717) is 12.8 Å². The number of rotatable bonds is 27. The summed E-state index contributed by atoms with van der Waals surface area (Å²) in [4.78, 5) is 157. The number of carbonyl (C=O) groups excluding carboxylic acids is 9. The van der Waals surface area contributed by atoms with E-state index in [2.05, 4.69) is 37.2 Å². The quantitative estimate of drug-likeness (QED) is 0.0406. The van der Waals surface area contributed by atoms with Crippen molar-refractivity contribution in [3.8, 4) is 0 Å². The van der Waals surface area contributed by atoms with Gasteiger partial charge in [-0.15, -0.1) is 0 Å². The molecule has 2 fully saturated rings. The number of aliphatic carboxylic acids is 3. The fourth-order valence-electron chi connectivity index (χ4n) is 7.84. The molecule has 0 spiro atoms. The first kappa shape index (κ1) is 58.7. The maximum atomic E-state index is 14.2. The highest BCUT2D eigenvalue weighted by atomic mass is 16.4. The molecule has 0 aromatic rings. The Labute approximate surface area is 400 Å². The van der Waals surface area contributed by atoms with Gasteiger partial charge in [0, 0.05) is 19.5 Å². The van der Waals surface area contributed by atoms with Gasteiger partial charge in [-0.05, 0) is 76.5 Å². The number of hydrogen-bond donors (Lipinski definition) is 11. The molecule has 0 aliphatic carbocycles. The van der Waals surface area contributed by atoms with Crippen LogP contribution < -0.4 is 43.0 Å². The Balaban J connectivity index is 2.13. The topological polar surface area (TPSA) is 382 Å². The summed E-state index contributed by atoms with van der Waals surface area (Å²) in [7, 11) is 0. The van der Waals surface area contributed by atoms with Crippen LogP contribution in [0.15, 0.2) is 0 Å². The van der Waals surface area contributed by atoms with E-state index >= 15 is 0 Å². The number of carbonyl (C=O) groups is 12. The van der Waals surface area contributed by atoms with Gasteiger partial charge < -0.3 is 68.1 Å². The molecule has 25 nitrogen and oxygen atoms in total. The summed E-state index contributed by atoms with van der Waals surface area (Å²) >= 11 is 0. The fourth-order valence-corrected chi connectivity index (χ4v) is 7.84. The van der Waals surface area contributed by atoms with Crippen molar-refractivity contribution in [1.82, 2.24) is 47.0 Å². The lowest BCUT2D eigenvalue weighted by molar-refractivity contribution is -0.147. The SMILES string of the molecule is CC(C)C[C@H](NC(=O)CNC(=O)[C@H](C)NC(=O)[C@H](CC(C)C)NC(=O)[C@@H]1CCCN1C(=O)[C@@H](NC(=O)[C@@H]1CCCN1C(=O)[C@H](CCC(=O)O)NC(=O)[C@H](C)N)C(C)C)C(=O)N[C@@H](CC(=O)O)C(=O)O. The molecular weight excluding hydrogens is 909 g/mol. The molecule has 9 amide bonds. The van der Waals surface area contributed by atoms with Gasteiger partial charge in [-0.25, -0.2) is 4.79 Å². The molecular formula is C44H72N10O15. The normalized spacial score (nSPS) is 18.7. The van der Waals surface area contributed by atoms with Crippen LogP contribution in [0.2, 0.25) is 0 Å². The molecule has 388 valence electrons. The Hall–Kier alpha value is -6.40. The van der Waals surface area contributed by atoms with Crippen LogP contribution in [0.3, 0.4) is 0 Å². The van der Waals surface area contributed by atoms with Crippen molar-refractivity contribution >= 4 is 71.1 Å². The molecule has 12 N–H and O–H groups in total. The third kappa shape index (κ3) is 18.9. The summed E-state index contributed by atoms with van der Waals surface area (Å²) in [5.41, 5.74) is 5.66. The summed E-state index contributed by atoms with van der Waals surface area (Å²) in [5.74, 6) is -11.6. The highest BCUT2D eigenvalue weighted by Crippen LogP contribution is 2.24. The van der Waals surface area contributed by atoms with E-state index in [1.807, 2.05) is 0 Å². The molecule has 0 bridgehead atoms. The van der Waals surface area contributed by atoms with E-state index < -0.39 is 151 Å². The molecule has 25 heteroatoms. The summed E-state index contributed by atoms with van der Waals surface area (Å²) < 4.78 is 0. The zero-order valence-electron chi connectivity index (χ0n) is 40.6. The van der Waals surface area contributed by atoms with Gasteiger partial charge in [0.15, 0.2) is 0 Å². The highest BCUT2D eigenvalue weighted by Gasteiger charge is 2.43. The largest absolute Gasteiger partial charge is 0.481 e. The number of nitrogens with two attached hydrogens (primary N) is 1. The number of nitrogens with one attached hydrogen (secondary N) is 7. The van der Waals surface area contributed by atoms with Gasteiger partial charge in [0.05, 0.1) is 19.0 Å². The van der Waals surface area contributed by atoms with Crippen LogP contribution in [0.25, 0.3) is 0 Å². The summed E-state index contributed by atoms with van der Waals surface area (Å²) in [6.45, 7) is 12.8. The van der Waals surface area contributed by atoms with E-state index in [9.17, 15) is 67.7 Å². The lowest BCUT2D eigenvalue weighted by Crippen LogP contribution is -2.60. The molecule has 2 aliphatic rings. The van der Waals surface area contributed by atoms with Gasteiger partial charge >= 0.3 is 17.9 Å². The molecule has 0 unspecified atom stereocenters. The van der Waals surface area contributed by atoms with E-state index in [1.165, 1.54) is 23.6 Å². The zero-order valence-corrected chi connectivity index (χ0v) is 40.6. The Kier molecular flexibility index (Phi) is 23.5. The molecule has 2 heterocycles. The number of likely N-dealkylation sites (tertiary alicyclic amines) is 2. The maximum Gasteiger partial charge on any atom is 0.326 e. The molecule has 2 rings (SSSR count). The summed E-state index contributed by atoms with van der Waals surface area (Å²) in [6.07, 6.45) is -0.141. The number of carboxylic acid groups (broad SMARTS) is 3. The highest BCUT2D eigenvalue weighted by molar-refractivity contribution is 5.98. The summed E-state index contributed by atoms with van der Waals surface area (Å²) in [5, 5.41) is 44.9. The fraction of sp³-hybridized carbons (Fsp3) is 0.727. The van der Waals surface area contributed by atoms with Gasteiger partial charge in [-0.3, -0.25) is 52.7 Å². The van der Waals surface area contributed by atoms with Gasteiger partial charge in [0.2, 0.25) is 53.2 Å². The Morgan fingerprint density at radius 1 is 0.565 bits per heavy atom. The zero-order chi connectivity index (χ0) is 52.4. The minimum atomic E-state index is -1.76. The Bertz CT molecular complexity index is 1910. The molecule has 2 saturated heterocycles. The summed E-state index contributed by atoms with van der Waals surface area (Å²) in [6, 6.07) is -10.9. The van der Waals surface area contributed by atoms with Gasteiger partial charge in [0.1, 0.15) is 48.3 Å². The smallest absolute Gasteiger partial charge is 0.326 e. The third-order valence-corrected chi connectivity index (χ3v) is 11.5. The van der Waals surface area contributed by atoms with E-state index in [-0.39, 0.29) is 57.0 Å². The van der Waals surface area contributed by atoms with Crippen LogP contribution in [0, 0.1) is 17.8 Å². The molecule has 0 aromatic carbocycles. The first-order chi connectivity index (χ1) is 32.1. The molecule has 2 aliphatic heterocycles. The Morgan fingerprint density at radius 2 is 1.06 bits per heavy atom. The van der Waals surface area contributed by atoms with E-state index in [1.54, 1.807) is 41.5 Å². The second kappa shape index (κ2) is 27.6. The van der Waals surface area contributed by atoms with Crippen molar-refractivity contribution in [1.29, 1.82) is 0 Å². The van der Waals surface area contributed by atoms with Gasteiger partial charge in [-0.2, -0.15) is 0 Å². The molecule has 0 saturated carbocycles. The number of hydrogen-bond acceptors (Lipinski definition) is 13. The van der Waals surface area contributed by atoms with E-state index in [0.717, 1.165) is 0 Å². The van der Waals surface area contributed by atoms with Gasteiger partial charge in [0.25, 0.3) is 0 Å². The maximum absolute atomic E-state index is 14.2. The van der Waals surface area contributed by atoms with Crippen LogP contribution in [-0.2, 0) is 57.5 Å². The van der Waals surface area contributed by atoms with Crippen LogP contribution in [0.5, 0.6) is 0 Å². The average molecular weight is 981 g/mol. The minimum Gasteiger partial charge on any atom is -0.481 e. The number of nitrogens with zero attached hydrogens (tertiary/aromatic N) is 2. The van der Waals surface area contributed by atoms with Crippen molar-refractivity contribution in [2.45, 2.75) is 168 Å². The molecule has 9 atom stereocenters. The van der Waals surface area contributed by atoms with Crippen LogP contribution in [-0.4, -0.2) is 170 Å². The number of amides is 9. The monoisotopic (exact) mass is 981 g/mol. The molecule has 69 heavy (non-hydrogen) atoms. The van der Waals surface area contributed by atoms with Crippen molar-refractivity contribution in [3.05, 3.63) is 0 Å². The first-order valence-corrected chi connectivity index (χ1v) is 23.3. The lowest BCUT2D eigenvalue weighted by Gasteiger charge is -2.33. The average Bonchev–Trinajstić information content (AvgIpc) is 3.95. The minimum absolute atomic E-state index is 0.0462. The van der Waals surface area contributed by atoms with Crippen molar-refractivity contribution in [2.24, 2.45) is 23.5 Å².